The summed E-state index contributed by atoms with van der Waals surface area (Å²) in [4.78, 5) is 35.0. The predicted octanol–water partition coefficient (Wildman–Crippen LogP) is 1.13. The van der Waals surface area contributed by atoms with Crippen LogP contribution in [0.4, 0.5) is 0 Å². The molecule has 1 radical (unpaired) electrons. The van der Waals surface area contributed by atoms with Gasteiger partial charge < -0.3 is 24.3 Å². The van der Waals surface area contributed by atoms with Gasteiger partial charge in [-0.1, -0.05) is 6.92 Å². The summed E-state index contributed by atoms with van der Waals surface area (Å²) in [6, 6.07) is -0.148. The van der Waals surface area contributed by atoms with Gasteiger partial charge in [0.2, 0.25) is 5.14 Å². The Hall–Kier alpha value is 1.16. The maximum Gasteiger partial charge on any atom is 0.490 e. The molecule has 0 aromatic carbocycles. The molecule has 1 rings (SSSR count). The molecule has 0 amide bonds. The Kier molecular flexibility index (Phi) is 7.74. The summed E-state index contributed by atoms with van der Waals surface area (Å²) in [6.07, 6.45) is 0.133. The lowest BCUT2D eigenvalue weighted by Crippen LogP contribution is -2.21. The van der Waals surface area contributed by atoms with Gasteiger partial charge in [0, 0.05) is 6.00 Å². The van der Waals surface area contributed by atoms with Crippen LogP contribution in [0.25, 0.3) is 0 Å². The van der Waals surface area contributed by atoms with Crippen molar-refractivity contribution in [3.63, 3.8) is 0 Å². The molecule has 0 saturated carbocycles. The van der Waals surface area contributed by atoms with E-state index in [-0.39, 0.29) is 11.9 Å². The van der Waals surface area contributed by atoms with Gasteiger partial charge in [0.1, 0.15) is 0 Å². The third-order valence-electron chi connectivity index (χ3n) is 2.55. The fourth-order valence-corrected chi connectivity index (χ4v) is 5.18. The summed E-state index contributed by atoms with van der Waals surface area (Å²) < 4.78 is 50.3. The summed E-state index contributed by atoms with van der Waals surface area (Å²) in [6.45, 7) is 1.41. The molecule has 0 aromatic rings. The fourth-order valence-electron chi connectivity index (χ4n) is 1.69. The van der Waals surface area contributed by atoms with Gasteiger partial charge in [0.05, 0.1) is 12.7 Å². The average molecular weight is 493 g/mol. The van der Waals surface area contributed by atoms with Crippen LogP contribution < -0.4 is 0 Å². The molecule has 11 nitrogen and oxygen atoms in total. The van der Waals surface area contributed by atoms with Crippen molar-refractivity contribution in [3.05, 3.63) is 0 Å². The van der Waals surface area contributed by atoms with Crippen LogP contribution in [-0.2, 0) is 31.6 Å². The van der Waals surface area contributed by atoms with Gasteiger partial charge in [-0.3, -0.25) is 4.52 Å². The van der Waals surface area contributed by atoms with Crippen molar-refractivity contribution in [2.45, 2.75) is 25.5 Å². The van der Waals surface area contributed by atoms with Crippen molar-refractivity contribution >= 4 is 51.0 Å². The molecule has 1 saturated heterocycles. The number of phosphoric acid groups is 3. The first-order valence-electron chi connectivity index (χ1n) is 5.71. The Labute approximate surface area is 140 Å². The third kappa shape index (κ3) is 7.82. The van der Waals surface area contributed by atoms with Crippen molar-refractivity contribution in [2.75, 3.05) is 6.61 Å². The second-order valence-electron chi connectivity index (χ2n) is 4.44. The van der Waals surface area contributed by atoms with E-state index in [0.29, 0.717) is 6.42 Å². The molecule has 22 heavy (non-hydrogen) atoms. The SMILES string of the molecule is C[C@H]1C[C@H]([B]I)O[C@@H]1COP(=O)(O)OP(=O)(O)OP(=O)(O)O. The summed E-state index contributed by atoms with van der Waals surface area (Å²) in [5.41, 5.74) is 0. The molecule has 0 spiro atoms. The second-order valence-corrected chi connectivity index (χ2v) is 9.58. The van der Waals surface area contributed by atoms with E-state index in [1.165, 1.54) is 0 Å². The zero-order valence-corrected chi connectivity index (χ0v) is 15.9. The Balaban J connectivity index is 2.56. The van der Waals surface area contributed by atoms with Crippen LogP contribution in [0.3, 0.4) is 0 Å². The van der Waals surface area contributed by atoms with Gasteiger partial charge in [0.25, 0.3) is 0 Å². The molecule has 4 N–H and O–H groups in total. The minimum atomic E-state index is -5.48. The van der Waals surface area contributed by atoms with Crippen LogP contribution in [0.5, 0.6) is 0 Å². The van der Waals surface area contributed by atoms with Crippen LogP contribution in [0.2, 0.25) is 0 Å². The van der Waals surface area contributed by atoms with E-state index >= 15 is 0 Å². The number of phosphoric ester groups is 1. The molecule has 0 aliphatic carbocycles. The second kappa shape index (κ2) is 8.03. The highest BCUT2D eigenvalue weighted by Crippen LogP contribution is 2.66. The Bertz CT molecular complexity index is 524. The van der Waals surface area contributed by atoms with Crippen LogP contribution >= 0.6 is 45.8 Å². The molecule has 2 unspecified atom stereocenters. The van der Waals surface area contributed by atoms with E-state index in [0.717, 1.165) is 0 Å². The molecular formula is C6H14BIO11P3. The Morgan fingerprint density at radius 1 is 1.18 bits per heavy atom. The normalized spacial score (nSPS) is 31.5. The van der Waals surface area contributed by atoms with E-state index in [4.69, 9.17) is 19.4 Å². The highest BCUT2D eigenvalue weighted by atomic mass is 127. The quantitative estimate of drug-likeness (QED) is 0.217. The lowest BCUT2D eigenvalue weighted by Gasteiger charge is -2.19. The first-order chi connectivity index (χ1) is 9.84. The molecule has 1 heterocycles. The molecule has 16 heteroatoms. The van der Waals surface area contributed by atoms with Crippen LogP contribution in [-0.4, -0.2) is 43.4 Å². The molecular weight excluding hydrogens is 479 g/mol. The molecule has 1 aliphatic rings. The predicted molar refractivity (Wildman–Crippen MR) is 82.0 cm³/mol. The van der Waals surface area contributed by atoms with E-state index in [9.17, 15) is 18.6 Å². The molecule has 1 fully saturated rings. The summed E-state index contributed by atoms with van der Waals surface area (Å²) in [5.74, 6) is 0.00305. The molecule has 0 aromatic heterocycles. The summed E-state index contributed by atoms with van der Waals surface area (Å²) in [7, 11) is -16.0. The monoisotopic (exact) mass is 493 g/mol. The minimum Gasteiger partial charge on any atom is -0.380 e. The summed E-state index contributed by atoms with van der Waals surface area (Å²) in [5, 5.41) is 1.78. The molecule has 5 atom stereocenters. The fraction of sp³-hybridized carbons (Fsp3) is 1.00. The van der Waals surface area contributed by atoms with Gasteiger partial charge in [-0.2, -0.15) is 31.0 Å². The van der Waals surface area contributed by atoms with Gasteiger partial charge in [-0.15, -0.1) is 0 Å². The largest absolute Gasteiger partial charge is 0.490 e. The number of halogens is 1. The first-order valence-corrected chi connectivity index (χ1v) is 11.5. The van der Waals surface area contributed by atoms with Gasteiger partial charge >= 0.3 is 23.5 Å². The zero-order valence-electron chi connectivity index (χ0n) is 11.1. The topological polar surface area (TPSA) is 169 Å². The Morgan fingerprint density at radius 3 is 2.23 bits per heavy atom. The third-order valence-corrected chi connectivity index (χ3v) is 7.15. The van der Waals surface area contributed by atoms with Crippen LogP contribution in [0.1, 0.15) is 13.3 Å². The Morgan fingerprint density at radius 2 is 1.77 bits per heavy atom. The average Bonchev–Trinajstić information content (AvgIpc) is 2.62. The molecule has 129 valence electrons. The van der Waals surface area contributed by atoms with Crippen molar-refractivity contribution in [1.82, 2.24) is 0 Å². The summed E-state index contributed by atoms with van der Waals surface area (Å²) >= 11 is 2.00. The van der Waals surface area contributed by atoms with E-state index < -0.39 is 36.2 Å². The number of hydrogen-bond acceptors (Lipinski definition) is 7. The molecule has 1 aliphatic heterocycles. The van der Waals surface area contributed by atoms with Crippen molar-refractivity contribution < 1.29 is 51.2 Å². The van der Waals surface area contributed by atoms with E-state index in [1.807, 2.05) is 29.3 Å². The number of ether oxygens (including phenoxy) is 1. The van der Waals surface area contributed by atoms with E-state index in [2.05, 4.69) is 13.1 Å². The maximum absolute atomic E-state index is 11.5. The number of hydrogen-bond donors (Lipinski definition) is 4. The van der Waals surface area contributed by atoms with Crippen LogP contribution in [0, 0.1) is 5.92 Å². The highest BCUT2D eigenvalue weighted by molar-refractivity contribution is 14.1. The van der Waals surface area contributed by atoms with E-state index in [1.54, 1.807) is 5.14 Å². The lowest BCUT2D eigenvalue weighted by atomic mass is 9.92. The van der Waals surface area contributed by atoms with Gasteiger partial charge in [-0.25, -0.2) is 13.7 Å². The van der Waals surface area contributed by atoms with Crippen LogP contribution in [0.15, 0.2) is 0 Å². The van der Waals surface area contributed by atoms with Gasteiger partial charge in [-0.05, 0) is 12.3 Å². The minimum absolute atomic E-state index is 0.00305. The lowest BCUT2D eigenvalue weighted by molar-refractivity contribution is 0.0270. The first kappa shape index (κ1) is 21.2. The van der Waals surface area contributed by atoms with Crippen molar-refractivity contribution in [2.24, 2.45) is 5.92 Å². The smallest absolute Gasteiger partial charge is 0.380 e. The van der Waals surface area contributed by atoms with Crippen molar-refractivity contribution in [3.8, 4) is 0 Å². The maximum atomic E-state index is 11.5. The zero-order chi connectivity index (χ0) is 17.2. The number of rotatable bonds is 8. The van der Waals surface area contributed by atoms with Gasteiger partial charge in [0.15, 0.2) is 0 Å². The highest BCUT2D eigenvalue weighted by Gasteiger charge is 2.42. The standard InChI is InChI=1S/C6H14BIO11P3/c1-4-2-6(7-8)17-5(4)3-16-21(12,13)19-22(14,15)18-20(9,10)11/h4-6H,2-3H2,1H3,(H,12,13)(H,14,15)(H2,9,10,11)/t4-,5+,6+/m0/s1. The van der Waals surface area contributed by atoms with Crippen molar-refractivity contribution in [1.29, 1.82) is 0 Å². The molecule has 0 bridgehead atoms.